The second-order valence-electron chi connectivity index (χ2n) is 2.02. The maximum absolute atomic E-state index is 9.99. The third-order valence-electron chi connectivity index (χ3n) is 0.850. The van der Waals surface area contributed by atoms with Gasteiger partial charge in [0.25, 0.3) is 0 Å². The van der Waals surface area contributed by atoms with Crippen molar-refractivity contribution in [2.24, 2.45) is 0 Å². The van der Waals surface area contributed by atoms with Crippen LogP contribution in [-0.2, 0) is 20.1 Å². The molecule has 0 aromatic carbocycles. The number of rotatable bonds is 5. The van der Waals surface area contributed by atoms with Crippen molar-refractivity contribution in [2.45, 2.75) is 20.1 Å². The fourth-order valence-electron chi connectivity index (χ4n) is 0.486. The summed E-state index contributed by atoms with van der Waals surface area (Å²) in [6, 6.07) is 0. The van der Waals surface area contributed by atoms with Crippen LogP contribution in [0.15, 0.2) is 12.7 Å². The summed E-state index contributed by atoms with van der Waals surface area (Å²) in [5.41, 5.74) is 0. The van der Waals surface area contributed by atoms with Gasteiger partial charge in [-0.1, -0.05) is 13.8 Å². The average molecular weight is 232 g/mol. The monoisotopic (exact) mass is 232 g/mol. The number of hydrogen-bond donors (Lipinski definition) is 0. The van der Waals surface area contributed by atoms with Gasteiger partial charge in [0, 0.05) is 6.61 Å². The fourth-order valence-corrected chi connectivity index (χ4v) is 0.486. The van der Waals surface area contributed by atoms with Crippen molar-refractivity contribution < 1.29 is 25.7 Å². The van der Waals surface area contributed by atoms with Crippen LogP contribution in [0.3, 0.4) is 0 Å². The molecular weight excluding hydrogens is 218 g/mol. The van der Waals surface area contributed by atoms with E-state index < -0.39 is 10.6 Å². The first kappa shape index (κ1) is 15.9. The molecule has 1 unspecified atom stereocenters. The van der Waals surface area contributed by atoms with Crippen LogP contribution in [0.1, 0.15) is 13.8 Å². The first-order valence-electron chi connectivity index (χ1n) is 3.79. The van der Waals surface area contributed by atoms with Crippen LogP contribution in [0.25, 0.3) is 0 Å². The first-order valence-corrected chi connectivity index (χ1v) is 5.08. The van der Waals surface area contributed by atoms with Crippen LogP contribution in [0.4, 0.5) is 7.77 Å². The minimum atomic E-state index is -5.67. The third-order valence-corrected chi connectivity index (χ3v) is 0.850. The van der Waals surface area contributed by atoms with E-state index in [1.807, 2.05) is 13.8 Å². The fraction of sp³-hybridized carbons (Fsp3) is 0.714. The molecule has 0 saturated carbocycles. The summed E-state index contributed by atoms with van der Waals surface area (Å²) >= 11 is 0. The van der Waals surface area contributed by atoms with Gasteiger partial charge >= 0.3 is 10.6 Å². The highest BCUT2D eigenvalue weighted by Gasteiger charge is 1.95. The third kappa shape index (κ3) is 30.0. The molecule has 4 nitrogen and oxygen atoms in total. The molecule has 86 valence electrons. The van der Waals surface area contributed by atoms with Crippen LogP contribution < -0.4 is 0 Å². The van der Waals surface area contributed by atoms with E-state index >= 15 is 0 Å². The highest BCUT2D eigenvalue weighted by molar-refractivity contribution is 7.81. The molecule has 0 amide bonds. The summed E-state index contributed by atoms with van der Waals surface area (Å²) in [6.07, 6.45) is 1.60. The summed E-state index contributed by atoms with van der Waals surface area (Å²) in [6.45, 7) is 8.57. The molecule has 0 heterocycles. The van der Waals surface area contributed by atoms with Crippen molar-refractivity contribution in [2.75, 3.05) is 13.2 Å². The Morgan fingerprint density at radius 1 is 1.43 bits per heavy atom. The normalized spacial score (nSPS) is 12.6. The molecule has 0 spiro atoms. The van der Waals surface area contributed by atoms with Gasteiger partial charge in [0.15, 0.2) is 6.29 Å². The van der Waals surface area contributed by atoms with Crippen molar-refractivity contribution in [3.05, 3.63) is 12.7 Å². The zero-order valence-corrected chi connectivity index (χ0v) is 8.89. The predicted molar refractivity (Wildman–Crippen MR) is 48.4 cm³/mol. The van der Waals surface area contributed by atoms with E-state index in [0.717, 1.165) is 0 Å². The van der Waals surface area contributed by atoms with Gasteiger partial charge in [0.05, 0.1) is 6.61 Å². The summed E-state index contributed by atoms with van der Waals surface area (Å²) < 4.78 is 46.7. The maximum atomic E-state index is 9.99. The van der Waals surface area contributed by atoms with Crippen molar-refractivity contribution in [1.82, 2.24) is 0 Å². The maximum Gasteiger partial charge on any atom is 0.476 e. The molecule has 0 rings (SSSR count). The molecule has 1 atom stereocenters. The summed E-state index contributed by atoms with van der Waals surface area (Å²) in [5, 5.41) is 0. The lowest BCUT2D eigenvalue weighted by Gasteiger charge is -2.09. The lowest BCUT2D eigenvalue weighted by molar-refractivity contribution is -0.118. The predicted octanol–water partition coefficient (Wildman–Crippen LogP) is 1.74. The van der Waals surface area contributed by atoms with Crippen LogP contribution in [0.2, 0.25) is 0 Å². The summed E-state index contributed by atoms with van der Waals surface area (Å²) in [5.74, 6) is 0. The van der Waals surface area contributed by atoms with Gasteiger partial charge in [0.2, 0.25) is 0 Å². The molecule has 0 aliphatic carbocycles. The Labute approximate surface area is 83.0 Å². The van der Waals surface area contributed by atoms with Gasteiger partial charge in [-0.3, -0.25) is 0 Å². The molecule has 0 fully saturated rings. The Kier molecular flexibility index (Phi) is 10.3. The molecule has 0 aliphatic rings. The minimum Gasteiger partial charge on any atom is -0.353 e. The van der Waals surface area contributed by atoms with Gasteiger partial charge in [-0.05, 0) is 13.8 Å². The number of ether oxygens (including phenoxy) is 2. The molecule has 0 saturated heterocycles. The molecule has 0 N–H and O–H groups in total. The van der Waals surface area contributed by atoms with Gasteiger partial charge in [0.1, 0.15) is 0 Å². The highest BCUT2D eigenvalue weighted by atomic mass is 32.3. The standard InChI is InChI=1S/C7H14O2.F2O2S/c1-4-6-9-7(3)8-5-2;1-5(2,3)4/h4,7H,1,5-6H2,2-3H3;. The quantitative estimate of drug-likeness (QED) is 0.411. The minimum absolute atomic E-state index is 0.104. The second kappa shape index (κ2) is 9.04. The van der Waals surface area contributed by atoms with Crippen molar-refractivity contribution in [1.29, 1.82) is 0 Å². The van der Waals surface area contributed by atoms with E-state index in [1.54, 1.807) is 6.08 Å². The summed E-state index contributed by atoms with van der Waals surface area (Å²) in [4.78, 5) is 0. The topological polar surface area (TPSA) is 52.6 Å². The molecule has 0 aromatic rings. The second-order valence-corrected chi connectivity index (χ2v) is 2.78. The zero-order valence-electron chi connectivity index (χ0n) is 8.07. The van der Waals surface area contributed by atoms with Gasteiger partial charge < -0.3 is 9.47 Å². The Hall–Kier alpha value is -0.530. The van der Waals surface area contributed by atoms with Crippen LogP contribution in [-0.4, -0.2) is 27.9 Å². The van der Waals surface area contributed by atoms with E-state index in [1.165, 1.54) is 0 Å². The Bertz CT molecular complexity index is 220. The van der Waals surface area contributed by atoms with Gasteiger partial charge in [-0.2, -0.15) is 8.42 Å². The van der Waals surface area contributed by atoms with Crippen molar-refractivity contribution in [3.8, 4) is 0 Å². The highest BCUT2D eigenvalue weighted by Crippen LogP contribution is 1.91. The first-order chi connectivity index (χ1) is 6.31. The molecule has 0 radical (unpaired) electrons. The molecule has 0 aromatic heterocycles. The largest absolute Gasteiger partial charge is 0.476 e. The smallest absolute Gasteiger partial charge is 0.353 e. The van der Waals surface area contributed by atoms with E-state index in [9.17, 15) is 7.77 Å². The molecular formula is C7H14F2O4S. The van der Waals surface area contributed by atoms with E-state index in [0.29, 0.717) is 13.2 Å². The zero-order chi connectivity index (χ0) is 11.6. The Morgan fingerprint density at radius 2 is 1.86 bits per heavy atom. The van der Waals surface area contributed by atoms with E-state index in [2.05, 4.69) is 6.58 Å². The van der Waals surface area contributed by atoms with Gasteiger partial charge in [-0.25, -0.2) is 0 Å². The molecule has 7 heteroatoms. The lowest BCUT2D eigenvalue weighted by Crippen LogP contribution is -2.12. The molecule has 14 heavy (non-hydrogen) atoms. The molecule has 0 aliphatic heterocycles. The Balaban J connectivity index is 0. The van der Waals surface area contributed by atoms with E-state index in [4.69, 9.17) is 17.9 Å². The van der Waals surface area contributed by atoms with Gasteiger partial charge in [-0.15, -0.1) is 6.58 Å². The summed E-state index contributed by atoms with van der Waals surface area (Å²) in [7, 11) is -5.67. The molecule has 0 bridgehead atoms. The lowest BCUT2D eigenvalue weighted by atomic mass is 10.6. The number of hydrogen-bond acceptors (Lipinski definition) is 4. The number of halogens is 2. The van der Waals surface area contributed by atoms with Crippen LogP contribution in [0, 0.1) is 0 Å². The Morgan fingerprint density at radius 3 is 2.14 bits per heavy atom. The SMILES string of the molecule is C=CCOC(C)OCC.O=S(=O)(F)F. The van der Waals surface area contributed by atoms with Crippen LogP contribution >= 0.6 is 0 Å². The van der Waals surface area contributed by atoms with Crippen molar-refractivity contribution >= 4 is 10.6 Å². The van der Waals surface area contributed by atoms with E-state index in [-0.39, 0.29) is 6.29 Å². The van der Waals surface area contributed by atoms with Crippen molar-refractivity contribution in [3.63, 3.8) is 0 Å². The average Bonchev–Trinajstić information content (AvgIpc) is 1.98. The van der Waals surface area contributed by atoms with Crippen LogP contribution in [0.5, 0.6) is 0 Å².